The lowest BCUT2D eigenvalue weighted by atomic mass is 9.91. The lowest BCUT2D eigenvalue weighted by Gasteiger charge is -2.43. The van der Waals surface area contributed by atoms with Crippen LogP contribution in [0.4, 0.5) is 5.69 Å². The van der Waals surface area contributed by atoms with E-state index in [1.54, 1.807) is 0 Å². The number of benzene rings is 1. The number of hydrogen-bond donors (Lipinski definition) is 1. The van der Waals surface area contributed by atoms with Crippen LogP contribution < -0.4 is 4.90 Å². The second-order valence-electron chi connectivity index (χ2n) is 6.23. The number of aliphatic hydroxyl groups is 1. The molecule has 2 atom stereocenters. The first-order chi connectivity index (χ1) is 9.75. The Bertz CT molecular complexity index is 440. The lowest BCUT2D eigenvalue weighted by molar-refractivity contribution is 0.0173. The van der Waals surface area contributed by atoms with Crippen molar-refractivity contribution in [2.75, 3.05) is 31.1 Å². The summed E-state index contributed by atoms with van der Waals surface area (Å²) in [7, 11) is 0. The van der Waals surface area contributed by atoms with Gasteiger partial charge in [-0.15, -0.1) is 0 Å². The van der Waals surface area contributed by atoms with Crippen molar-refractivity contribution in [3.63, 3.8) is 0 Å². The van der Waals surface area contributed by atoms with Crippen molar-refractivity contribution in [1.29, 1.82) is 0 Å². The summed E-state index contributed by atoms with van der Waals surface area (Å²) in [6.07, 6.45) is 4.53. The van der Waals surface area contributed by atoms with Gasteiger partial charge >= 0.3 is 0 Å². The molecule has 3 heteroatoms. The zero-order valence-electron chi connectivity index (χ0n) is 12.5. The minimum absolute atomic E-state index is 0.103. The molecule has 2 fully saturated rings. The Labute approximate surface area is 122 Å². The number of para-hydroxylation sites is 1. The summed E-state index contributed by atoms with van der Waals surface area (Å²) < 4.78 is 0. The van der Waals surface area contributed by atoms with Crippen LogP contribution in [-0.4, -0.2) is 48.3 Å². The van der Waals surface area contributed by atoms with E-state index in [0.717, 1.165) is 32.6 Å². The Balaban J connectivity index is 1.61. The van der Waals surface area contributed by atoms with Crippen LogP contribution in [0.5, 0.6) is 0 Å². The Hall–Kier alpha value is -1.06. The van der Waals surface area contributed by atoms with Gasteiger partial charge < -0.3 is 10.0 Å². The van der Waals surface area contributed by atoms with Crippen molar-refractivity contribution in [2.45, 2.75) is 44.8 Å². The maximum absolute atomic E-state index is 10.2. The van der Waals surface area contributed by atoms with Crippen molar-refractivity contribution >= 4 is 5.69 Å². The molecule has 3 rings (SSSR count). The molecule has 0 unspecified atom stereocenters. The monoisotopic (exact) mass is 274 g/mol. The molecule has 1 aromatic rings. The Kier molecular flexibility index (Phi) is 4.27. The molecule has 1 aliphatic carbocycles. The van der Waals surface area contributed by atoms with Gasteiger partial charge in [-0.3, -0.25) is 4.90 Å². The molecular weight excluding hydrogens is 248 g/mol. The van der Waals surface area contributed by atoms with E-state index in [2.05, 4.69) is 41.0 Å². The highest BCUT2D eigenvalue weighted by Crippen LogP contribution is 2.26. The molecule has 0 aromatic heterocycles. The minimum Gasteiger partial charge on any atom is -0.391 e. The van der Waals surface area contributed by atoms with E-state index in [-0.39, 0.29) is 6.10 Å². The van der Waals surface area contributed by atoms with Crippen LogP contribution >= 0.6 is 0 Å². The van der Waals surface area contributed by atoms with Gasteiger partial charge in [-0.05, 0) is 31.4 Å². The molecule has 110 valence electrons. The van der Waals surface area contributed by atoms with Crippen molar-refractivity contribution in [2.24, 2.45) is 0 Å². The SMILES string of the molecule is Cc1ccccc1N1CCN([C@@H]2CCCC[C@H]2O)CC1. The smallest absolute Gasteiger partial charge is 0.0695 e. The molecule has 1 N–H and O–H groups in total. The highest BCUT2D eigenvalue weighted by Gasteiger charge is 2.30. The van der Waals surface area contributed by atoms with E-state index in [0.29, 0.717) is 6.04 Å². The molecule has 3 nitrogen and oxygen atoms in total. The third kappa shape index (κ3) is 2.84. The molecule has 2 aliphatic rings. The van der Waals surface area contributed by atoms with Crippen LogP contribution in [0.25, 0.3) is 0 Å². The zero-order chi connectivity index (χ0) is 13.9. The van der Waals surface area contributed by atoms with Gasteiger partial charge in [0.15, 0.2) is 0 Å². The van der Waals surface area contributed by atoms with Gasteiger partial charge in [0.05, 0.1) is 6.10 Å². The summed E-state index contributed by atoms with van der Waals surface area (Å²) >= 11 is 0. The predicted octanol–water partition coefficient (Wildman–Crippen LogP) is 2.42. The van der Waals surface area contributed by atoms with Crippen molar-refractivity contribution < 1.29 is 5.11 Å². The van der Waals surface area contributed by atoms with Crippen LogP contribution in [0.15, 0.2) is 24.3 Å². The van der Waals surface area contributed by atoms with Crippen molar-refractivity contribution in [3.05, 3.63) is 29.8 Å². The lowest BCUT2D eigenvalue weighted by Crippen LogP contribution is -2.54. The third-order valence-corrected chi connectivity index (χ3v) is 4.93. The highest BCUT2D eigenvalue weighted by molar-refractivity contribution is 5.53. The summed E-state index contributed by atoms with van der Waals surface area (Å²) in [6, 6.07) is 9.04. The second-order valence-corrected chi connectivity index (χ2v) is 6.23. The van der Waals surface area contributed by atoms with Crippen LogP contribution in [0.1, 0.15) is 31.2 Å². The largest absolute Gasteiger partial charge is 0.391 e. The fourth-order valence-corrected chi connectivity index (χ4v) is 3.73. The fourth-order valence-electron chi connectivity index (χ4n) is 3.73. The molecule has 1 heterocycles. The average Bonchev–Trinajstić information content (AvgIpc) is 2.49. The summed E-state index contributed by atoms with van der Waals surface area (Å²) in [4.78, 5) is 5.00. The number of aliphatic hydroxyl groups excluding tert-OH is 1. The van der Waals surface area contributed by atoms with E-state index in [1.165, 1.54) is 30.5 Å². The molecule has 0 spiro atoms. The molecule has 1 saturated carbocycles. The molecule has 1 saturated heterocycles. The maximum Gasteiger partial charge on any atom is 0.0695 e. The molecule has 0 amide bonds. The van der Waals surface area contributed by atoms with E-state index in [9.17, 15) is 5.11 Å². The predicted molar refractivity (Wildman–Crippen MR) is 83.2 cm³/mol. The van der Waals surface area contributed by atoms with E-state index in [1.807, 2.05) is 0 Å². The van der Waals surface area contributed by atoms with Crippen LogP contribution in [-0.2, 0) is 0 Å². The van der Waals surface area contributed by atoms with Crippen LogP contribution in [0.3, 0.4) is 0 Å². The number of piperazine rings is 1. The van der Waals surface area contributed by atoms with Gasteiger partial charge in [0.25, 0.3) is 0 Å². The first-order valence-electron chi connectivity index (χ1n) is 7.98. The van der Waals surface area contributed by atoms with Gasteiger partial charge in [0.1, 0.15) is 0 Å². The van der Waals surface area contributed by atoms with Crippen molar-refractivity contribution in [3.8, 4) is 0 Å². The first kappa shape index (κ1) is 13.9. The number of anilines is 1. The van der Waals surface area contributed by atoms with Gasteiger partial charge in [-0.25, -0.2) is 0 Å². The minimum atomic E-state index is -0.103. The number of nitrogens with zero attached hydrogens (tertiary/aromatic N) is 2. The summed E-state index contributed by atoms with van der Waals surface area (Å²) in [6.45, 7) is 6.50. The third-order valence-electron chi connectivity index (χ3n) is 4.93. The summed E-state index contributed by atoms with van der Waals surface area (Å²) in [5, 5.41) is 10.2. The van der Waals surface area contributed by atoms with Gasteiger partial charge in [0, 0.05) is 37.9 Å². The topological polar surface area (TPSA) is 26.7 Å². The Morgan fingerprint density at radius 2 is 1.70 bits per heavy atom. The van der Waals surface area contributed by atoms with Gasteiger partial charge in [-0.1, -0.05) is 31.0 Å². The summed E-state index contributed by atoms with van der Waals surface area (Å²) in [5.74, 6) is 0. The highest BCUT2D eigenvalue weighted by atomic mass is 16.3. The van der Waals surface area contributed by atoms with Gasteiger partial charge in [-0.2, -0.15) is 0 Å². The maximum atomic E-state index is 10.2. The van der Waals surface area contributed by atoms with Crippen LogP contribution in [0, 0.1) is 6.92 Å². The molecule has 20 heavy (non-hydrogen) atoms. The molecule has 1 aliphatic heterocycles. The summed E-state index contributed by atoms with van der Waals surface area (Å²) in [5.41, 5.74) is 2.73. The molecular formula is C17H26N2O. The van der Waals surface area contributed by atoms with Gasteiger partial charge in [0.2, 0.25) is 0 Å². The molecule has 0 radical (unpaired) electrons. The number of rotatable bonds is 2. The normalized spacial score (nSPS) is 28.6. The molecule has 1 aromatic carbocycles. The molecule has 0 bridgehead atoms. The zero-order valence-corrected chi connectivity index (χ0v) is 12.5. The quantitative estimate of drug-likeness (QED) is 0.897. The van der Waals surface area contributed by atoms with E-state index < -0.39 is 0 Å². The second kappa shape index (κ2) is 6.15. The number of hydrogen-bond acceptors (Lipinski definition) is 3. The number of aryl methyl sites for hydroxylation is 1. The standard InChI is InChI=1S/C17H26N2O/c1-14-6-2-3-7-15(14)18-10-12-19(13-11-18)16-8-4-5-9-17(16)20/h2-3,6-7,16-17,20H,4-5,8-13H2,1H3/t16-,17-/m1/s1. The van der Waals surface area contributed by atoms with E-state index >= 15 is 0 Å². The van der Waals surface area contributed by atoms with E-state index in [4.69, 9.17) is 0 Å². The fraction of sp³-hybridized carbons (Fsp3) is 0.647. The average molecular weight is 274 g/mol. The van der Waals surface area contributed by atoms with Crippen LogP contribution in [0.2, 0.25) is 0 Å². The Morgan fingerprint density at radius 3 is 2.40 bits per heavy atom. The Morgan fingerprint density at radius 1 is 1.00 bits per heavy atom. The first-order valence-corrected chi connectivity index (χ1v) is 7.98. The van der Waals surface area contributed by atoms with Crippen molar-refractivity contribution in [1.82, 2.24) is 4.90 Å².